The molecule has 0 saturated carbocycles. The molecule has 0 aliphatic heterocycles. The van der Waals surface area contributed by atoms with Gasteiger partial charge in [0.25, 0.3) is 0 Å². The van der Waals surface area contributed by atoms with Crippen LogP contribution in [0.1, 0.15) is 0 Å². The molecule has 0 saturated heterocycles. The van der Waals surface area contributed by atoms with Gasteiger partial charge in [-0.05, 0) is 201 Å². The normalized spacial score (nSPS) is 11.8. The van der Waals surface area contributed by atoms with Gasteiger partial charge in [0.1, 0.15) is 22.3 Å². The summed E-state index contributed by atoms with van der Waals surface area (Å²) in [6.45, 7) is 0. The molecule has 0 radical (unpaired) electrons. The fourth-order valence-corrected chi connectivity index (χ4v) is 15.6. The SMILES string of the molecule is c1ccc(-c2c3ccccc3c(-c3ccc4oc5ccc(-c6cc7ccccc7c7ccccc67)cc5c4c3)c3ccccc23)cc1.c1ccc(-c2c3ccccc3c(-c3ccc4oc5cccc(-c6cccc7c6ccc6ccccc67)c5c4c3)c3ccccc23)cc1. The maximum atomic E-state index is 6.54. The Hall–Kier alpha value is -12.4. The van der Waals surface area contributed by atoms with Gasteiger partial charge in [-0.15, -0.1) is 0 Å². The van der Waals surface area contributed by atoms with Gasteiger partial charge in [0, 0.05) is 21.5 Å². The summed E-state index contributed by atoms with van der Waals surface area (Å²) in [5.41, 5.74) is 18.3. The van der Waals surface area contributed by atoms with Gasteiger partial charge >= 0.3 is 0 Å². The summed E-state index contributed by atoms with van der Waals surface area (Å²) < 4.78 is 13.0. The first-order valence-electron chi connectivity index (χ1n) is 32.4. The summed E-state index contributed by atoms with van der Waals surface area (Å²) in [4.78, 5) is 0. The summed E-state index contributed by atoms with van der Waals surface area (Å²) in [7, 11) is 0. The van der Waals surface area contributed by atoms with Gasteiger partial charge in [-0.1, -0.05) is 291 Å². The molecule has 436 valence electrons. The molecule has 20 aromatic rings. The van der Waals surface area contributed by atoms with E-state index in [9.17, 15) is 0 Å². The molecular formula is C92H56O2. The molecule has 2 heteroatoms. The summed E-state index contributed by atoms with van der Waals surface area (Å²) in [6, 6.07) is 123. The molecule has 0 aliphatic rings. The standard InChI is InChI=1S/2C46H28O/c1-2-13-30(14-3-1)44-37-16-6-8-18-39(37)45(40-19-9-7-17-38(40)44)31-25-27-42-41(28-31)46-36(22-11-23-43(46)47-42)34-21-10-20-33-32-15-5-4-12-29(32)24-26-35(33)34;1-2-12-29(13-3-1)45-36-18-8-10-20-38(36)46(39-21-11-9-19-37(39)45)32-23-25-44-42(28-32)41-27-31(22-24-43(41)47-44)40-26-30-14-4-5-15-33(30)34-16-6-7-17-35(34)40/h2*1-28H. The van der Waals surface area contributed by atoms with Crippen LogP contribution in [-0.2, 0) is 0 Å². The average molecular weight is 1190 g/mol. The molecule has 94 heavy (non-hydrogen) atoms. The Kier molecular flexibility index (Phi) is 12.3. The summed E-state index contributed by atoms with van der Waals surface area (Å²) in [5, 5.41) is 24.7. The van der Waals surface area contributed by atoms with E-state index in [1.54, 1.807) is 0 Å². The smallest absolute Gasteiger partial charge is 0.136 e. The van der Waals surface area contributed by atoms with E-state index in [1.165, 1.54) is 153 Å². The second kappa shape index (κ2) is 21.7. The Morgan fingerprint density at radius 1 is 0.149 bits per heavy atom. The fourth-order valence-electron chi connectivity index (χ4n) is 15.6. The van der Waals surface area contributed by atoms with Crippen molar-refractivity contribution in [2.75, 3.05) is 0 Å². The van der Waals surface area contributed by atoms with Gasteiger partial charge in [0.05, 0.1) is 0 Å². The van der Waals surface area contributed by atoms with Gasteiger partial charge in [0.2, 0.25) is 0 Å². The van der Waals surface area contributed by atoms with Crippen molar-refractivity contribution in [2.24, 2.45) is 0 Å². The number of furan rings is 2. The molecule has 0 atom stereocenters. The molecule has 18 aromatic carbocycles. The first kappa shape index (κ1) is 53.5. The second-order valence-corrected chi connectivity index (χ2v) is 24.8. The number of benzene rings is 18. The highest BCUT2D eigenvalue weighted by Crippen LogP contribution is 2.49. The first-order chi connectivity index (χ1) is 46.6. The van der Waals surface area contributed by atoms with Gasteiger partial charge in [-0.3, -0.25) is 0 Å². The highest BCUT2D eigenvalue weighted by atomic mass is 16.3. The minimum absolute atomic E-state index is 0.899. The molecule has 20 rings (SSSR count). The predicted octanol–water partition coefficient (Wildman–Crippen LogP) is 26.4. The molecule has 0 amide bonds. The third kappa shape index (κ3) is 8.51. The molecule has 2 heterocycles. The lowest BCUT2D eigenvalue weighted by molar-refractivity contribution is 0.668. The van der Waals surface area contributed by atoms with E-state index < -0.39 is 0 Å². The summed E-state index contributed by atoms with van der Waals surface area (Å²) >= 11 is 0. The van der Waals surface area contributed by atoms with Crippen LogP contribution in [-0.4, -0.2) is 0 Å². The van der Waals surface area contributed by atoms with Gasteiger partial charge < -0.3 is 8.83 Å². The quantitative estimate of drug-likeness (QED) is 0.123. The van der Waals surface area contributed by atoms with E-state index in [2.05, 4.69) is 340 Å². The molecule has 0 N–H and O–H groups in total. The Labute approximate surface area is 542 Å². The van der Waals surface area contributed by atoms with Crippen LogP contribution in [0.15, 0.2) is 349 Å². The van der Waals surface area contributed by atoms with Crippen molar-refractivity contribution >= 4 is 130 Å². The zero-order valence-corrected chi connectivity index (χ0v) is 51.1. The largest absolute Gasteiger partial charge is 0.456 e. The lowest BCUT2D eigenvalue weighted by Crippen LogP contribution is -1.90. The van der Waals surface area contributed by atoms with Gasteiger partial charge in [-0.2, -0.15) is 0 Å². The van der Waals surface area contributed by atoms with Crippen LogP contribution >= 0.6 is 0 Å². The first-order valence-corrected chi connectivity index (χ1v) is 32.4. The Bertz CT molecular complexity index is 6350. The Morgan fingerprint density at radius 2 is 0.500 bits per heavy atom. The molecule has 2 aromatic heterocycles. The van der Waals surface area contributed by atoms with Crippen molar-refractivity contribution < 1.29 is 8.83 Å². The lowest BCUT2D eigenvalue weighted by Gasteiger charge is -2.17. The molecule has 0 spiro atoms. The Balaban J connectivity index is 0.000000133. The van der Waals surface area contributed by atoms with Gasteiger partial charge in [0.15, 0.2) is 0 Å². The van der Waals surface area contributed by atoms with Crippen molar-refractivity contribution in [3.8, 4) is 66.8 Å². The maximum absolute atomic E-state index is 6.54. The summed E-state index contributed by atoms with van der Waals surface area (Å²) in [6.07, 6.45) is 0. The molecule has 0 fully saturated rings. The molecule has 0 unspecified atom stereocenters. The van der Waals surface area contributed by atoms with E-state index in [0.717, 1.165) is 43.9 Å². The van der Waals surface area contributed by atoms with Crippen LogP contribution in [0.5, 0.6) is 0 Å². The highest BCUT2D eigenvalue weighted by Gasteiger charge is 2.22. The van der Waals surface area contributed by atoms with E-state index in [0.29, 0.717) is 0 Å². The number of hydrogen-bond acceptors (Lipinski definition) is 2. The van der Waals surface area contributed by atoms with Crippen LogP contribution in [0, 0.1) is 0 Å². The number of fused-ring (bicyclic) bond motifs is 16. The highest BCUT2D eigenvalue weighted by molar-refractivity contribution is 6.25. The number of rotatable bonds is 6. The van der Waals surface area contributed by atoms with E-state index in [1.807, 2.05) is 0 Å². The zero-order chi connectivity index (χ0) is 61.8. The minimum Gasteiger partial charge on any atom is -0.456 e. The van der Waals surface area contributed by atoms with Gasteiger partial charge in [-0.25, -0.2) is 0 Å². The predicted molar refractivity (Wildman–Crippen MR) is 400 cm³/mol. The van der Waals surface area contributed by atoms with Crippen LogP contribution in [0.3, 0.4) is 0 Å². The molecular weight excluding hydrogens is 1140 g/mol. The Morgan fingerprint density at radius 3 is 1.03 bits per heavy atom. The molecule has 2 nitrogen and oxygen atoms in total. The molecule has 0 bridgehead atoms. The minimum atomic E-state index is 0.899. The fraction of sp³-hybridized carbons (Fsp3) is 0. The van der Waals surface area contributed by atoms with Crippen molar-refractivity contribution in [2.45, 2.75) is 0 Å². The number of hydrogen-bond donors (Lipinski definition) is 0. The van der Waals surface area contributed by atoms with Crippen molar-refractivity contribution in [3.63, 3.8) is 0 Å². The van der Waals surface area contributed by atoms with Crippen molar-refractivity contribution in [1.82, 2.24) is 0 Å². The lowest BCUT2D eigenvalue weighted by atomic mass is 9.85. The van der Waals surface area contributed by atoms with Crippen molar-refractivity contribution in [3.05, 3.63) is 340 Å². The van der Waals surface area contributed by atoms with Crippen LogP contribution < -0.4 is 0 Å². The van der Waals surface area contributed by atoms with E-state index >= 15 is 0 Å². The average Bonchev–Trinajstić information content (AvgIpc) is 1.16. The van der Waals surface area contributed by atoms with Crippen LogP contribution in [0.2, 0.25) is 0 Å². The van der Waals surface area contributed by atoms with E-state index in [-0.39, 0.29) is 0 Å². The zero-order valence-electron chi connectivity index (χ0n) is 51.1. The summed E-state index contributed by atoms with van der Waals surface area (Å²) in [5.74, 6) is 0. The molecule has 0 aliphatic carbocycles. The van der Waals surface area contributed by atoms with Crippen LogP contribution in [0.4, 0.5) is 0 Å². The second-order valence-electron chi connectivity index (χ2n) is 24.8. The van der Waals surface area contributed by atoms with Crippen molar-refractivity contribution in [1.29, 1.82) is 0 Å². The van der Waals surface area contributed by atoms with E-state index in [4.69, 9.17) is 8.83 Å². The topological polar surface area (TPSA) is 26.3 Å². The third-order valence-corrected chi connectivity index (χ3v) is 19.7. The maximum Gasteiger partial charge on any atom is 0.136 e. The monoisotopic (exact) mass is 1190 g/mol. The third-order valence-electron chi connectivity index (χ3n) is 19.7. The van der Waals surface area contributed by atoms with Crippen LogP contribution in [0.25, 0.3) is 197 Å².